The quantitative estimate of drug-likeness (QED) is 0.758. The normalized spacial score (nSPS) is 28.9. The SMILES string of the molecule is C=C[C@H]1CC[C@H](O)[C@H]([NH2+]Cc2ccccc2)C1. The zero-order valence-electron chi connectivity index (χ0n) is 10.3. The molecule has 0 spiro atoms. The van der Waals surface area contributed by atoms with E-state index in [1.165, 1.54) is 5.56 Å². The van der Waals surface area contributed by atoms with Crippen molar-refractivity contribution in [1.29, 1.82) is 0 Å². The van der Waals surface area contributed by atoms with E-state index in [9.17, 15) is 5.11 Å². The van der Waals surface area contributed by atoms with E-state index in [2.05, 4.69) is 36.2 Å². The summed E-state index contributed by atoms with van der Waals surface area (Å²) in [4.78, 5) is 0. The van der Waals surface area contributed by atoms with Crippen molar-refractivity contribution in [3.05, 3.63) is 48.6 Å². The number of aliphatic hydroxyl groups excluding tert-OH is 1. The van der Waals surface area contributed by atoms with Gasteiger partial charge in [-0.05, 0) is 18.8 Å². The predicted molar refractivity (Wildman–Crippen MR) is 69.4 cm³/mol. The molecular formula is C15H22NO+. The van der Waals surface area contributed by atoms with Crippen LogP contribution in [0.25, 0.3) is 0 Å². The Kier molecular flexibility index (Phi) is 4.35. The number of quaternary nitrogens is 1. The summed E-state index contributed by atoms with van der Waals surface area (Å²) in [6.07, 6.45) is 4.93. The van der Waals surface area contributed by atoms with Gasteiger partial charge >= 0.3 is 0 Å². The number of benzene rings is 1. The molecular weight excluding hydrogens is 210 g/mol. The fourth-order valence-corrected chi connectivity index (χ4v) is 2.59. The molecule has 0 bridgehead atoms. The van der Waals surface area contributed by atoms with Crippen molar-refractivity contribution < 1.29 is 10.4 Å². The van der Waals surface area contributed by atoms with Crippen LogP contribution in [0.4, 0.5) is 0 Å². The summed E-state index contributed by atoms with van der Waals surface area (Å²) in [5.74, 6) is 0.579. The van der Waals surface area contributed by atoms with Gasteiger partial charge in [0.05, 0.1) is 0 Å². The molecule has 1 aromatic carbocycles. The van der Waals surface area contributed by atoms with Crippen LogP contribution in [0.5, 0.6) is 0 Å². The summed E-state index contributed by atoms with van der Waals surface area (Å²) in [6.45, 7) is 4.82. The maximum Gasteiger partial charge on any atom is 0.113 e. The van der Waals surface area contributed by atoms with E-state index in [1.54, 1.807) is 0 Å². The molecule has 0 unspecified atom stereocenters. The Hall–Kier alpha value is -1.12. The third-order valence-electron chi connectivity index (χ3n) is 3.73. The minimum absolute atomic E-state index is 0.157. The molecule has 0 heterocycles. The molecule has 1 aliphatic carbocycles. The van der Waals surface area contributed by atoms with Crippen molar-refractivity contribution >= 4 is 0 Å². The summed E-state index contributed by atoms with van der Waals surface area (Å²) < 4.78 is 0. The number of nitrogens with two attached hydrogens (primary N) is 1. The number of hydrogen-bond donors (Lipinski definition) is 2. The molecule has 0 amide bonds. The Morgan fingerprint density at radius 2 is 2.06 bits per heavy atom. The smallest absolute Gasteiger partial charge is 0.113 e. The van der Waals surface area contributed by atoms with Gasteiger partial charge in [-0.3, -0.25) is 0 Å². The molecule has 3 N–H and O–H groups in total. The monoisotopic (exact) mass is 232 g/mol. The largest absolute Gasteiger partial charge is 0.387 e. The van der Waals surface area contributed by atoms with E-state index in [4.69, 9.17) is 0 Å². The lowest BCUT2D eigenvalue weighted by molar-refractivity contribution is -0.714. The van der Waals surface area contributed by atoms with Gasteiger partial charge in [0.25, 0.3) is 0 Å². The van der Waals surface area contributed by atoms with Crippen LogP contribution in [0, 0.1) is 5.92 Å². The second kappa shape index (κ2) is 5.99. The number of hydrogen-bond acceptors (Lipinski definition) is 1. The van der Waals surface area contributed by atoms with Gasteiger partial charge in [0, 0.05) is 12.0 Å². The van der Waals surface area contributed by atoms with Crippen LogP contribution in [0.1, 0.15) is 24.8 Å². The standard InChI is InChI=1S/C15H21NO/c1-2-12-8-9-15(17)14(10-12)16-11-13-6-4-3-5-7-13/h2-7,12,14-17H,1,8-11H2/p+1/t12-,14+,15-/m0/s1. The Balaban J connectivity index is 1.87. The molecule has 17 heavy (non-hydrogen) atoms. The molecule has 0 saturated heterocycles. The van der Waals surface area contributed by atoms with Crippen LogP contribution in [0.2, 0.25) is 0 Å². The molecule has 2 rings (SSSR count). The number of rotatable bonds is 4. The Labute approximate surface area is 103 Å². The van der Waals surface area contributed by atoms with Crippen LogP contribution in [0.3, 0.4) is 0 Å². The molecule has 1 aliphatic rings. The summed E-state index contributed by atoms with van der Waals surface area (Å²) >= 11 is 0. The molecule has 1 fully saturated rings. The van der Waals surface area contributed by atoms with Gasteiger partial charge in [0.15, 0.2) is 0 Å². The molecule has 92 valence electrons. The highest BCUT2D eigenvalue weighted by molar-refractivity contribution is 5.13. The van der Waals surface area contributed by atoms with Crippen molar-refractivity contribution in [1.82, 2.24) is 0 Å². The van der Waals surface area contributed by atoms with Gasteiger partial charge in [0.2, 0.25) is 0 Å². The van der Waals surface area contributed by atoms with Gasteiger partial charge in [-0.1, -0.05) is 36.4 Å². The van der Waals surface area contributed by atoms with E-state index < -0.39 is 0 Å². The summed E-state index contributed by atoms with van der Waals surface area (Å²) in [7, 11) is 0. The molecule has 1 aromatic rings. The van der Waals surface area contributed by atoms with Crippen molar-refractivity contribution in [2.24, 2.45) is 5.92 Å². The van der Waals surface area contributed by atoms with E-state index >= 15 is 0 Å². The van der Waals surface area contributed by atoms with Gasteiger partial charge in [-0.2, -0.15) is 0 Å². The number of allylic oxidation sites excluding steroid dienone is 1. The average Bonchev–Trinajstić information content (AvgIpc) is 2.39. The third kappa shape index (κ3) is 3.42. The second-order valence-corrected chi connectivity index (χ2v) is 4.97. The van der Waals surface area contributed by atoms with Crippen molar-refractivity contribution in [3.63, 3.8) is 0 Å². The highest BCUT2D eigenvalue weighted by Crippen LogP contribution is 2.23. The maximum absolute atomic E-state index is 9.99. The van der Waals surface area contributed by atoms with E-state index in [-0.39, 0.29) is 6.10 Å². The lowest BCUT2D eigenvalue weighted by Crippen LogP contribution is -2.91. The fourth-order valence-electron chi connectivity index (χ4n) is 2.59. The Bertz CT molecular complexity index is 349. The molecule has 0 radical (unpaired) electrons. The maximum atomic E-state index is 9.99. The lowest BCUT2D eigenvalue weighted by atomic mass is 9.84. The van der Waals surface area contributed by atoms with E-state index in [0.717, 1.165) is 25.8 Å². The van der Waals surface area contributed by atoms with Crippen LogP contribution in [0.15, 0.2) is 43.0 Å². The van der Waals surface area contributed by atoms with Gasteiger partial charge < -0.3 is 10.4 Å². The first-order valence-electron chi connectivity index (χ1n) is 6.47. The average molecular weight is 232 g/mol. The van der Waals surface area contributed by atoms with Crippen molar-refractivity contribution in [2.75, 3.05) is 0 Å². The van der Waals surface area contributed by atoms with E-state index in [0.29, 0.717) is 12.0 Å². The van der Waals surface area contributed by atoms with Crippen LogP contribution < -0.4 is 5.32 Å². The van der Waals surface area contributed by atoms with Gasteiger partial charge in [-0.15, -0.1) is 6.58 Å². The van der Waals surface area contributed by atoms with Crippen LogP contribution in [-0.2, 0) is 6.54 Å². The van der Waals surface area contributed by atoms with Gasteiger partial charge in [-0.25, -0.2) is 0 Å². The topological polar surface area (TPSA) is 36.8 Å². The first kappa shape index (κ1) is 12.3. The minimum Gasteiger partial charge on any atom is -0.387 e. The van der Waals surface area contributed by atoms with Crippen LogP contribution in [-0.4, -0.2) is 17.3 Å². The summed E-state index contributed by atoms with van der Waals surface area (Å²) in [5, 5.41) is 12.3. The summed E-state index contributed by atoms with van der Waals surface area (Å²) in [5.41, 5.74) is 1.32. The van der Waals surface area contributed by atoms with E-state index in [1.807, 2.05) is 12.1 Å². The highest BCUT2D eigenvalue weighted by atomic mass is 16.3. The molecule has 0 aromatic heterocycles. The highest BCUT2D eigenvalue weighted by Gasteiger charge is 2.30. The van der Waals surface area contributed by atoms with Crippen molar-refractivity contribution in [3.8, 4) is 0 Å². The molecule has 3 atom stereocenters. The molecule has 2 nitrogen and oxygen atoms in total. The Morgan fingerprint density at radius 1 is 1.29 bits per heavy atom. The summed E-state index contributed by atoms with van der Waals surface area (Å²) in [6, 6.07) is 10.8. The first-order chi connectivity index (χ1) is 8.29. The van der Waals surface area contributed by atoms with Crippen molar-refractivity contribution in [2.45, 2.75) is 38.0 Å². The van der Waals surface area contributed by atoms with Gasteiger partial charge in [0.1, 0.15) is 18.7 Å². The zero-order valence-corrected chi connectivity index (χ0v) is 10.3. The number of aliphatic hydroxyl groups is 1. The van der Waals surface area contributed by atoms with Crippen LogP contribution >= 0.6 is 0 Å². The molecule has 2 heteroatoms. The zero-order chi connectivity index (χ0) is 12.1. The predicted octanol–water partition coefficient (Wildman–Crippen LogP) is 1.47. The third-order valence-corrected chi connectivity index (χ3v) is 3.73. The first-order valence-corrected chi connectivity index (χ1v) is 6.47. The molecule has 1 saturated carbocycles. The Morgan fingerprint density at radius 3 is 2.76 bits per heavy atom. The fraction of sp³-hybridized carbons (Fsp3) is 0.467. The second-order valence-electron chi connectivity index (χ2n) is 4.97. The molecule has 0 aliphatic heterocycles. The minimum atomic E-state index is -0.157. The lowest BCUT2D eigenvalue weighted by Gasteiger charge is -2.30.